The zero-order valence-corrected chi connectivity index (χ0v) is 15.0. The van der Waals surface area contributed by atoms with Crippen LogP contribution in [0.5, 0.6) is 11.6 Å². The fourth-order valence-corrected chi connectivity index (χ4v) is 3.59. The minimum absolute atomic E-state index is 0.0133. The van der Waals surface area contributed by atoms with Crippen LogP contribution in [0.1, 0.15) is 35.8 Å². The van der Waals surface area contributed by atoms with Crippen LogP contribution in [0.15, 0.2) is 30.5 Å². The fraction of sp³-hybridized carbons (Fsp3) is 0.368. The van der Waals surface area contributed by atoms with Gasteiger partial charge in [-0.15, -0.1) is 0 Å². The van der Waals surface area contributed by atoms with E-state index in [1.807, 2.05) is 18.2 Å². The molecule has 0 aliphatic carbocycles. The summed E-state index contributed by atoms with van der Waals surface area (Å²) in [4.78, 5) is 33.6. The molecule has 1 aromatic heterocycles. The number of aromatic nitrogens is 2. The normalized spacial score (nSPS) is 17.3. The van der Waals surface area contributed by atoms with E-state index in [2.05, 4.69) is 16.0 Å². The highest BCUT2D eigenvalue weighted by Gasteiger charge is 2.43. The first-order chi connectivity index (χ1) is 13.0. The number of hydrogen-bond donors (Lipinski definition) is 1. The Hall–Kier alpha value is -3.16. The summed E-state index contributed by atoms with van der Waals surface area (Å²) >= 11 is 0. The van der Waals surface area contributed by atoms with Crippen LogP contribution in [0.25, 0.3) is 0 Å². The van der Waals surface area contributed by atoms with Crippen molar-refractivity contribution in [1.29, 1.82) is 0 Å². The Labute approximate surface area is 156 Å². The molecule has 27 heavy (non-hydrogen) atoms. The summed E-state index contributed by atoms with van der Waals surface area (Å²) in [5.41, 5.74) is 6.52. The average Bonchev–Trinajstić information content (AvgIpc) is 2.99. The van der Waals surface area contributed by atoms with Crippen LogP contribution in [0.2, 0.25) is 0 Å². The van der Waals surface area contributed by atoms with E-state index in [0.717, 1.165) is 12.2 Å². The molecular formula is C19H20N4O4. The largest absolute Gasteiger partial charge is 0.487 e. The molecule has 1 saturated heterocycles. The number of nitrogen functional groups attached to an aromatic ring is 1. The van der Waals surface area contributed by atoms with Crippen LogP contribution in [-0.4, -0.2) is 45.4 Å². The molecule has 1 aromatic carbocycles. The van der Waals surface area contributed by atoms with Gasteiger partial charge in [0.1, 0.15) is 17.2 Å². The third-order valence-corrected chi connectivity index (χ3v) is 5.02. The molecule has 0 radical (unpaired) electrons. The van der Waals surface area contributed by atoms with Crippen molar-refractivity contribution in [3.8, 4) is 11.6 Å². The molecule has 1 amide bonds. The van der Waals surface area contributed by atoms with Crippen molar-refractivity contribution in [1.82, 2.24) is 14.9 Å². The topological polar surface area (TPSA) is 108 Å². The first-order valence-corrected chi connectivity index (χ1v) is 8.83. The molecule has 2 aromatic rings. The van der Waals surface area contributed by atoms with Gasteiger partial charge in [-0.3, -0.25) is 4.79 Å². The van der Waals surface area contributed by atoms with Gasteiger partial charge in [0.05, 0.1) is 6.20 Å². The number of ether oxygens (including phenoxy) is 2. The van der Waals surface area contributed by atoms with Crippen molar-refractivity contribution in [2.24, 2.45) is 0 Å². The van der Waals surface area contributed by atoms with Gasteiger partial charge in [0.2, 0.25) is 0 Å². The van der Waals surface area contributed by atoms with Crippen molar-refractivity contribution in [2.45, 2.75) is 31.8 Å². The Morgan fingerprint density at radius 1 is 1.26 bits per heavy atom. The number of carbonyl (C=O) groups excluding carboxylic acids is 2. The molecule has 2 N–H and O–H groups in total. The smallest absolute Gasteiger partial charge is 0.416 e. The van der Waals surface area contributed by atoms with Gasteiger partial charge in [-0.1, -0.05) is 18.2 Å². The maximum atomic E-state index is 12.5. The minimum atomic E-state index is -0.567. The second kappa shape index (κ2) is 6.53. The van der Waals surface area contributed by atoms with E-state index < -0.39 is 6.09 Å². The van der Waals surface area contributed by atoms with E-state index in [1.165, 1.54) is 18.7 Å². The highest BCUT2D eigenvalue weighted by molar-refractivity contribution is 5.95. The molecule has 0 unspecified atom stereocenters. The third-order valence-electron chi connectivity index (χ3n) is 5.02. The highest BCUT2D eigenvalue weighted by atomic mass is 16.6. The zero-order chi connectivity index (χ0) is 19.0. The van der Waals surface area contributed by atoms with E-state index in [9.17, 15) is 9.59 Å². The van der Waals surface area contributed by atoms with Gasteiger partial charge in [0.25, 0.3) is 5.88 Å². The van der Waals surface area contributed by atoms with E-state index in [-0.39, 0.29) is 28.8 Å². The van der Waals surface area contributed by atoms with Crippen molar-refractivity contribution < 1.29 is 19.1 Å². The number of Topliss-reactive ketones (excluding diaryl/α,β-unsaturated/α-hetero) is 1. The van der Waals surface area contributed by atoms with Crippen LogP contribution in [0.3, 0.4) is 0 Å². The molecule has 3 heterocycles. The van der Waals surface area contributed by atoms with E-state index in [0.29, 0.717) is 25.9 Å². The first-order valence-electron chi connectivity index (χ1n) is 8.83. The monoisotopic (exact) mass is 368 g/mol. The molecule has 140 valence electrons. The molecule has 1 spiro atoms. The van der Waals surface area contributed by atoms with E-state index in [1.54, 1.807) is 4.90 Å². The molecule has 2 aliphatic rings. The summed E-state index contributed by atoms with van der Waals surface area (Å²) in [6.45, 7) is 2.33. The number of fused-ring (bicyclic) bond motifs is 1. The van der Waals surface area contributed by atoms with E-state index in [4.69, 9.17) is 15.2 Å². The van der Waals surface area contributed by atoms with Crippen molar-refractivity contribution in [2.75, 3.05) is 18.8 Å². The third kappa shape index (κ3) is 3.30. The van der Waals surface area contributed by atoms with Crippen LogP contribution in [0, 0.1) is 0 Å². The summed E-state index contributed by atoms with van der Waals surface area (Å²) in [5, 5.41) is 0. The maximum absolute atomic E-state index is 12.5. The van der Waals surface area contributed by atoms with Crippen molar-refractivity contribution in [3.63, 3.8) is 0 Å². The molecule has 2 aliphatic heterocycles. The zero-order valence-electron chi connectivity index (χ0n) is 15.0. The van der Waals surface area contributed by atoms with Crippen molar-refractivity contribution in [3.05, 3.63) is 41.7 Å². The SMILES string of the molecule is CC(=O)c1ncc(N)nc1OC(=O)N1CCC2(CC1)Cc1ccccc1O2. The maximum Gasteiger partial charge on any atom is 0.416 e. The predicted molar refractivity (Wildman–Crippen MR) is 96.8 cm³/mol. The summed E-state index contributed by atoms with van der Waals surface area (Å²) in [5.74, 6) is 0.504. The number of carbonyl (C=O) groups is 2. The van der Waals surface area contributed by atoms with Crippen LogP contribution < -0.4 is 15.2 Å². The molecular weight excluding hydrogens is 348 g/mol. The number of benzene rings is 1. The lowest BCUT2D eigenvalue weighted by molar-refractivity contribution is 0.0235. The predicted octanol–water partition coefficient (Wildman–Crippen LogP) is 2.23. The molecule has 1 fully saturated rings. The molecule has 0 saturated carbocycles. The number of likely N-dealkylation sites (tertiary alicyclic amines) is 1. The fourth-order valence-electron chi connectivity index (χ4n) is 3.59. The standard InChI is InChI=1S/C19H20N4O4/c1-12(24)16-17(22-15(20)11-21-16)26-18(25)23-8-6-19(7-9-23)10-13-4-2-3-5-14(13)27-19/h2-5,11H,6-10H2,1H3,(H2,20,22). The first kappa shape index (κ1) is 17.3. The molecule has 8 nitrogen and oxygen atoms in total. The average molecular weight is 368 g/mol. The van der Waals surface area contributed by atoms with E-state index >= 15 is 0 Å². The Morgan fingerprint density at radius 3 is 2.70 bits per heavy atom. The van der Waals surface area contributed by atoms with Gasteiger partial charge in [0.15, 0.2) is 11.5 Å². The number of para-hydroxylation sites is 1. The number of rotatable bonds is 2. The number of ketones is 1. The minimum Gasteiger partial charge on any atom is -0.487 e. The number of nitrogens with zero attached hydrogens (tertiary/aromatic N) is 3. The second-order valence-corrected chi connectivity index (χ2v) is 6.93. The lowest BCUT2D eigenvalue weighted by Crippen LogP contribution is -2.49. The van der Waals surface area contributed by atoms with Crippen LogP contribution in [-0.2, 0) is 6.42 Å². The number of anilines is 1. The molecule has 0 bridgehead atoms. The molecule has 8 heteroatoms. The van der Waals surface area contributed by atoms with Crippen LogP contribution in [0.4, 0.5) is 10.6 Å². The Morgan fingerprint density at radius 2 is 2.00 bits per heavy atom. The van der Waals surface area contributed by atoms with Gasteiger partial charge in [0, 0.05) is 39.3 Å². The molecule has 4 rings (SSSR count). The number of piperidine rings is 1. The summed E-state index contributed by atoms with van der Waals surface area (Å²) in [6.07, 6.45) is 2.95. The Bertz CT molecular complexity index is 879. The lowest BCUT2D eigenvalue weighted by atomic mass is 9.87. The van der Waals surface area contributed by atoms with Gasteiger partial charge >= 0.3 is 6.09 Å². The van der Waals surface area contributed by atoms with Gasteiger partial charge < -0.3 is 20.1 Å². The van der Waals surface area contributed by atoms with Gasteiger partial charge in [-0.25, -0.2) is 9.78 Å². The number of amides is 1. The Kier molecular flexibility index (Phi) is 4.18. The lowest BCUT2D eigenvalue weighted by Gasteiger charge is -2.38. The van der Waals surface area contributed by atoms with Gasteiger partial charge in [-0.05, 0) is 11.6 Å². The second-order valence-electron chi connectivity index (χ2n) is 6.93. The number of hydrogen-bond acceptors (Lipinski definition) is 7. The summed E-state index contributed by atoms with van der Waals surface area (Å²) < 4.78 is 11.5. The van der Waals surface area contributed by atoms with Gasteiger partial charge in [-0.2, -0.15) is 4.98 Å². The Balaban J connectivity index is 1.42. The number of nitrogens with two attached hydrogens (primary N) is 1. The molecule has 0 atom stereocenters. The quantitative estimate of drug-likeness (QED) is 0.810. The van der Waals surface area contributed by atoms with Crippen LogP contribution >= 0.6 is 0 Å². The summed E-state index contributed by atoms with van der Waals surface area (Å²) in [6, 6.07) is 8.02. The highest BCUT2D eigenvalue weighted by Crippen LogP contribution is 2.40. The summed E-state index contributed by atoms with van der Waals surface area (Å²) in [7, 11) is 0. The van der Waals surface area contributed by atoms with Crippen molar-refractivity contribution >= 4 is 17.7 Å².